The standard InChI is InChI=1S/C10H10S/c1-9-5-3-7-10(11-2)8-4-6-9/h3,6-8H,1-2H3. The van der Waals surface area contributed by atoms with E-state index in [9.17, 15) is 0 Å². The van der Waals surface area contributed by atoms with Crippen LogP contribution in [0.15, 0.2) is 46.2 Å². The summed E-state index contributed by atoms with van der Waals surface area (Å²) >= 11 is 1.71. The largest absolute Gasteiger partial charge is 0.129 e. The highest BCUT2D eigenvalue weighted by atomic mass is 32.2. The van der Waals surface area contributed by atoms with Crippen molar-refractivity contribution in [3.8, 4) is 0 Å². The molecule has 0 aromatic rings. The summed E-state index contributed by atoms with van der Waals surface area (Å²) in [4.78, 5) is 1.21. The molecule has 0 aromatic heterocycles. The molecule has 0 unspecified atom stereocenters. The van der Waals surface area contributed by atoms with Crippen LogP contribution >= 0.6 is 11.8 Å². The molecule has 0 bridgehead atoms. The fourth-order valence-electron chi connectivity index (χ4n) is 0.721. The van der Waals surface area contributed by atoms with Crippen LogP contribution in [0.4, 0.5) is 0 Å². The van der Waals surface area contributed by atoms with Gasteiger partial charge in [0.2, 0.25) is 0 Å². The predicted octanol–water partition coefficient (Wildman–Crippen LogP) is 3.06. The number of rotatable bonds is 1. The van der Waals surface area contributed by atoms with E-state index in [1.165, 1.54) is 4.91 Å². The fraction of sp³-hybridized carbons (Fsp3) is 0.200. The summed E-state index contributed by atoms with van der Waals surface area (Å²) in [5, 5.41) is 0. The Morgan fingerprint density at radius 2 is 2.18 bits per heavy atom. The van der Waals surface area contributed by atoms with Crippen molar-refractivity contribution in [2.75, 3.05) is 6.26 Å². The smallest absolute Gasteiger partial charge is 0.0152 e. The summed E-state index contributed by atoms with van der Waals surface area (Å²) in [6.07, 6.45) is 9.93. The van der Waals surface area contributed by atoms with E-state index in [0.717, 1.165) is 5.57 Å². The first-order valence-electron chi connectivity index (χ1n) is 3.43. The normalized spacial score (nSPS) is 15.5. The topological polar surface area (TPSA) is 0 Å². The van der Waals surface area contributed by atoms with Crippen LogP contribution in [-0.4, -0.2) is 6.26 Å². The highest BCUT2D eigenvalue weighted by molar-refractivity contribution is 8.02. The Morgan fingerprint density at radius 1 is 1.36 bits per heavy atom. The van der Waals surface area contributed by atoms with Gasteiger partial charge in [-0.1, -0.05) is 0 Å². The quantitative estimate of drug-likeness (QED) is 0.534. The van der Waals surface area contributed by atoms with Gasteiger partial charge in [-0.3, -0.25) is 0 Å². The molecule has 0 fully saturated rings. The van der Waals surface area contributed by atoms with Gasteiger partial charge < -0.3 is 0 Å². The molecule has 0 amide bonds. The van der Waals surface area contributed by atoms with Crippen molar-refractivity contribution in [2.24, 2.45) is 0 Å². The molecule has 0 nitrogen and oxygen atoms in total. The van der Waals surface area contributed by atoms with Crippen molar-refractivity contribution < 1.29 is 0 Å². The number of allylic oxidation sites excluding steroid dienone is 3. The van der Waals surface area contributed by atoms with Crippen LogP contribution < -0.4 is 0 Å². The second kappa shape index (κ2) is 4.10. The summed E-state index contributed by atoms with van der Waals surface area (Å²) in [6, 6.07) is 0. The van der Waals surface area contributed by atoms with Crippen molar-refractivity contribution in [3.05, 3.63) is 46.2 Å². The van der Waals surface area contributed by atoms with E-state index in [1.54, 1.807) is 11.8 Å². The summed E-state index contributed by atoms with van der Waals surface area (Å²) < 4.78 is 0. The molecule has 0 aromatic carbocycles. The maximum absolute atomic E-state index is 3.11. The molecule has 1 aliphatic rings. The Kier molecular flexibility index (Phi) is 3.07. The van der Waals surface area contributed by atoms with E-state index >= 15 is 0 Å². The van der Waals surface area contributed by atoms with Crippen molar-refractivity contribution in [1.29, 1.82) is 0 Å². The highest BCUT2D eigenvalue weighted by Crippen LogP contribution is 2.13. The minimum atomic E-state index is 1.11. The maximum Gasteiger partial charge on any atom is 0.0152 e. The minimum absolute atomic E-state index is 1.11. The Balaban J connectivity index is 3.03. The van der Waals surface area contributed by atoms with Gasteiger partial charge in [0.1, 0.15) is 0 Å². The molecule has 56 valence electrons. The van der Waals surface area contributed by atoms with Crippen LogP contribution in [-0.2, 0) is 0 Å². The van der Waals surface area contributed by atoms with Gasteiger partial charge in [-0.05, 0) is 43.1 Å². The lowest BCUT2D eigenvalue weighted by molar-refractivity contribution is 1.54. The lowest BCUT2D eigenvalue weighted by Crippen LogP contribution is -1.68. The fourth-order valence-corrected chi connectivity index (χ4v) is 1.11. The molecule has 0 N–H and O–H groups in total. The van der Waals surface area contributed by atoms with Gasteiger partial charge in [0.15, 0.2) is 0 Å². The van der Waals surface area contributed by atoms with Gasteiger partial charge in [-0.15, -0.1) is 23.2 Å². The molecule has 0 aliphatic heterocycles. The first-order valence-corrected chi connectivity index (χ1v) is 4.65. The van der Waals surface area contributed by atoms with Crippen LogP contribution in [0.3, 0.4) is 0 Å². The molecule has 1 heteroatoms. The van der Waals surface area contributed by atoms with Crippen molar-refractivity contribution >= 4 is 11.8 Å². The van der Waals surface area contributed by atoms with Gasteiger partial charge in [0.25, 0.3) is 0 Å². The third kappa shape index (κ3) is 2.69. The first-order chi connectivity index (χ1) is 5.33. The summed E-state index contributed by atoms with van der Waals surface area (Å²) in [5.74, 6) is 0. The Morgan fingerprint density at radius 3 is 2.91 bits per heavy atom. The van der Waals surface area contributed by atoms with Crippen LogP contribution in [0.25, 0.3) is 0 Å². The van der Waals surface area contributed by atoms with Crippen molar-refractivity contribution in [2.45, 2.75) is 6.92 Å². The number of hydrogen-bond acceptors (Lipinski definition) is 1. The molecule has 0 heterocycles. The molecule has 1 aliphatic carbocycles. The van der Waals surface area contributed by atoms with Crippen LogP contribution in [0.5, 0.6) is 0 Å². The van der Waals surface area contributed by atoms with E-state index in [2.05, 4.69) is 17.7 Å². The van der Waals surface area contributed by atoms with E-state index in [1.807, 2.05) is 31.2 Å². The van der Waals surface area contributed by atoms with Crippen molar-refractivity contribution in [1.82, 2.24) is 0 Å². The Bertz CT molecular complexity index is 293. The predicted molar refractivity (Wildman–Crippen MR) is 51.5 cm³/mol. The zero-order valence-corrected chi connectivity index (χ0v) is 7.53. The molecule has 0 radical (unpaired) electrons. The monoisotopic (exact) mass is 162 g/mol. The molecular weight excluding hydrogens is 152 g/mol. The van der Waals surface area contributed by atoms with Crippen LogP contribution in [0, 0.1) is 0 Å². The molecule has 0 saturated carbocycles. The molecule has 1 rings (SSSR count). The second-order valence-corrected chi connectivity index (χ2v) is 3.10. The number of thioether (sulfide) groups is 1. The zero-order valence-electron chi connectivity index (χ0n) is 6.72. The van der Waals surface area contributed by atoms with Crippen LogP contribution in [0.1, 0.15) is 6.92 Å². The molecule has 0 atom stereocenters. The summed E-state index contributed by atoms with van der Waals surface area (Å²) in [5.41, 5.74) is 7.30. The zero-order chi connectivity index (χ0) is 8.10. The van der Waals surface area contributed by atoms with Gasteiger partial charge in [0.05, 0.1) is 0 Å². The molecule has 0 saturated heterocycles. The van der Waals surface area contributed by atoms with E-state index in [-0.39, 0.29) is 0 Å². The van der Waals surface area contributed by atoms with E-state index < -0.39 is 0 Å². The molecule has 0 spiro atoms. The third-order valence-electron chi connectivity index (χ3n) is 1.32. The minimum Gasteiger partial charge on any atom is -0.129 e. The summed E-state index contributed by atoms with van der Waals surface area (Å²) in [6.45, 7) is 2.01. The first kappa shape index (κ1) is 8.23. The average Bonchev–Trinajstić information content (AvgIpc) is 1.96. The lowest BCUT2D eigenvalue weighted by atomic mass is 10.2. The van der Waals surface area contributed by atoms with Gasteiger partial charge in [0, 0.05) is 4.91 Å². The van der Waals surface area contributed by atoms with Gasteiger partial charge >= 0.3 is 0 Å². The Labute approximate surface area is 71.7 Å². The van der Waals surface area contributed by atoms with Crippen LogP contribution in [0.2, 0.25) is 0 Å². The maximum atomic E-state index is 3.11. The number of hydrogen-bond donors (Lipinski definition) is 0. The second-order valence-electron chi connectivity index (χ2n) is 2.22. The third-order valence-corrected chi connectivity index (χ3v) is 2.05. The Hall–Kier alpha value is -0.870. The van der Waals surface area contributed by atoms with E-state index in [0.29, 0.717) is 0 Å². The van der Waals surface area contributed by atoms with E-state index in [4.69, 9.17) is 0 Å². The molecule has 11 heavy (non-hydrogen) atoms. The van der Waals surface area contributed by atoms with Gasteiger partial charge in [-0.2, -0.15) is 0 Å². The highest BCUT2D eigenvalue weighted by Gasteiger charge is 1.85. The molecular formula is C10H10S. The average molecular weight is 162 g/mol. The summed E-state index contributed by atoms with van der Waals surface area (Å²) in [7, 11) is 0. The SMILES string of the molecule is CSC1=CC=C=C(C)C=C=C1. The lowest BCUT2D eigenvalue weighted by Gasteiger charge is -1.91. The van der Waals surface area contributed by atoms with Gasteiger partial charge in [-0.25, -0.2) is 0 Å². The van der Waals surface area contributed by atoms with Crippen molar-refractivity contribution in [3.63, 3.8) is 0 Å².